The quantitative estimate of drug-likeness (QED) is 0.161. The van der Waals surface area contributed by atoms with Crippen LogP contribution in [0.3, 0.4) is 0 Å². The van der Waals surface area contributed by atoms with E-state index >= 15 is 0 Å². The molecule has 12 nitrogen and oxygen atoms in total. The number of nitrogens with zero attached hydrogens (tertiary/aromatic N) is 2. The van der Waals surface area contributed by atoms with Crippen LogP contribution in [0.2, 0.25) is 0 Å². The van der Waals surface area contributed by atoms with Crippen molar-refractivity contribution in [2.24, 2.45) is 0 Å². The lowest BCUT2D eigenvalue weighted by atomic mass is 10.2. The molecule has 0 aliphatic carbocycles. The minimum absolute atomic E-state index is 0.0648. The van der Waals surface area contributed by atoms with Crippen molar-refractivity contribution in [3.05, 3.63) is 101 Å². The first-order chi connectivity index (χ1) is 19.4. The smallest absolute Gasteiger partial charge is 0.355 e. The van der Waals surface area contributed by atoms with Crippen LogP contribution < -0.4 is 4.72 Å². The van der Waals surface area contributed by atoms with Crippen molar-refractivity contribution in [2.45, 2.75) is 4.90 Å². The van der Waals surface area contributed by atoms with E-state index < -0.39 is 26.3 Å². The third-order valence-electron chi connectivity index (χ3n) is 5.69. The molecule has 3 aliphatic rings. The topological polar surface area (TPSA) is 195 Å². The number of benzene rings is 1. The number of nitrogens with one attached hydrogen (secondary N) is 3. The molecule has 0 radical (unpaired) electrons. The molecule has 7 rings (SSSR count). The maximum Gasteiger partial charge on any atom is 0.394 e. The van der Waals surface area contributed by atoms with Gasteiger partial charge in [-0.3, -0.25) is 13.9 Å². The second-order valence-corrected chi connectivity index (χ2v) is 11.3. The number of hydrogen-bond donors (Lipinski definition) is 5. The van der Waals surface area contributed by atoms with E-state index in [1.165, 1.54) is 12.1 Å². The van der Waals surface area contributed by atoms with Gasteiger partial charge in [0.15, 0.2) is 0 Å². The van der Waals surface area contributed by atoms with Crippen molar-refractivity contribution in [1.82, 2.24) is 24.7 Å². The van der Waals surface area contributed by atoms with E-state index in [1.54, 1.807) is 12.1 Å². The maximum absolute atomic E-state index is 11.1. The molecule has 208 valence electrons. The zero-order valence-corrected chi connectivity index (χ0v) is 22.5. The highest BCUT2D eigenvalue weighted by Gasteiger charge is 2.31. The molecule has 1 aromatic carbocycles. The van der Waals surface area contributed by atoms with Crippen molar-refractivity contribution in [1.29, 1.82) is 0 Å². The van der Waals surface area contributed by atoms with Crippen LogP contribution in [0.4, 0.5) is 0 Å². The van der Waals surface area contributed by atoms with E-state index in [2.05, 4.69) is 44.2 Å². The Balaban J connectivity index is 0.000000165. The van der Waals surface area contributed by atoms with Gasteiger partial charge in [0.05, 0.1) is 28.3 Å². The number of carbonyl (C=O) groups excluding carboxylic acids is 1. The van der Waals surface area contributed by atoms with E-state index in [0.717, 1.165) is 44.8 Å². The first kappa shape index (κ1) is 27.7. The molecule has 4 aromatic rings. The van der Waals surface area contributed by atoms with E-state index in [9.17, 15) is 13.2 Å². The van der Waals surface area contributed by atoms with Crippen LogP contribution in [0.15, 0.2) is 77.7 Å². The van der Waals surface area contributed by atoms with Crippen molar-refractivity contribution >= 4 is 72.7 Å². The molecule has 6 heterocycles. The van der Waals surface area contributed by atoms with Crippen LogP contribution in [0.25, 0.3) is 46.4 Å². The Morgan fingerprint density at radius 1 is 0.634 bits per heavy atom. The molecule has 5 N–H and O–H groups in total. The molecule has 0 saturated heterocycles. The van der Waals surface area contributed by atoms with Crippen LogP contribution in [0, 0.1) is 0 Å². The summed E-state index contributed by atoms with van der Waals surface area (Å²) in [6.07, 6.45) is 8.09. The predicted molar refractivity (Wildman–Crippen MR) is 154 cm³/mol. The Morgan fingerprint density at radius 3 is 1.37 bits per heavy atom. The lowest BCUT2D eigenvalue weighted by molar-refractivity contribution is 0.0985. The molecule has 3 aromatic heterocycles. The molecular formula is C27H21N5O7S2. The van der Waals surface area contributed by atoms with Crippen LogP contribution in [-0.2, 0) is 20.4 Å². The summed E-state index contributed by atoms with van der Waals surface area (Å²) in [5.41, 5.74) is 8.08. The number of sulfonamides is 1. The number of H-pyrrole nitrogens is 2. The number of aromatic nitrogens is 4. The van der Waals surface area contributed by atoms with Gasteiger partial charge >= 0.3 is 10.4 Å². The Bertz CT molecular complexity index is 1930. The molecule has 1 amide bonds. The van der Waals surface area contributed by atoms with Crippen LogP contribution in [-0.4, -0.2) is 51.8 Å². The molecule has 14 heteroatoms. The summed E-state index contributed by atoms with van der Waals surface area (Å²) in [5.74, 6) is -0.550. The average Bonchev–Trinajstić information content (AvgIpc) is 3.71. The fourth-order valence-corrected chi connectivity index (χ4v) is 5.24. The molecule has 0 spiro atoms. The molecular weight excluding hydrogens is 570 g/mol. The third kappa shape index (κ3) is 7.20. The molecule has 0 saturated carbocycles. The van der Waals surface area contributed by atoms with Gasteiger partial charge in [0.1, 0.15) is 4.90 Å². The number of fused-ring (bicyclic) bond motifs is 9. The van der Waals surface area contributed by atoms with Crippen molar-refractivity contribution in [3.8, 4) is 0 Å². The molecule has 0 unspecified atom stereocenters. The van der Waals surface area contributed by atoms with Gasteiger partial charge in [-0.05, 0) is 85.0 Å². The first-order valence-electron chi connectivity index (χ1n) is 11.8. The third-order valence-corrected chi connectivity index (χ3v) is 7.08. The number of rotatable bonds is 0. The molecule has 0 atom stereocenters. The van der Waals surface area contributed by atoms with Crippen LogP contribution in [0.5, 0.6) is 0 Å². The number of carbonyl (C=O) groups is 1. The Morgan fingerprint density at radius 2 is 1.00 bits per heavy atom. The van der Waals surface area contributed by atoms with Gasteiger partial charge in [0.2, 0.25) is 0 Å². The highest BCUT2D eigenvalue weighted by Crippen LogP contribution is 2.21. The van der Waals surface area contributed by atoms with E-state index in [4.69, 9.17) is 17.5 Å². The normalized spacial score (nSPS) is 14.2. The second-order valence-electron chi connectivity index (χ2n) is 8.78. The van der Waals surface area contributed by atoms with Crippen molar-refractivity contribution in [3.63, 3.8) is 0 Å². The average molecular weight is 592 g/mol. The van der Waals surface area contributed by atoms with E-state index in [1.807, 2.05) is 53.3 Å². The van der Waals surface area contributed by atoms with Gasteiger partial charge in [0.25, 0.3) is 15.9 Å². The highest BCUT2D eigenvalue weighted by atomic mass is 32.3. The molecule has 0 fully saturated rings. The van der Waals surface area contributed by atoms with Gasteiger partial charge < -0.3 is 9.97 Å². The zero-order chi connectivity index (χ0) is 29.2. The Labute approximate surface area is 233 Å². The molecule has 3 aliphatic heterocycles. The Kier molecular flexibility index (Phi) is 7.38. The monoisotopic (exact) mass is 591 g/mol. The van der Waals surface area contributed by atoms with E-state index in [0.29, 0.717) is 0 Å². The largest absolute Gasteiger partial charge is 0.394 e. The van der Waals surface area contributed by atoms with Crippen LogP contribution in [0.1, 0.15) is 33.1 Å². The lowest BCUT2D eigenvalue weighted by Gasteiger charge is -1.91. The second kappa shape index (κ2) is 10.9. The Hall–Kier alpha value is -4.89. The fraction of sp³-hybridized carbons (Fsp3) is 0. The summed E-state index contributed by atoms with van der Waals surface area (Å²) >= 11 is 0. The van der Waals surface area contributed by atoms with Gasteiger partial charge in [-0.1, -0.05) is 12.1 Å². The number of hydrogen-bond acceptors (Lipinski definition) is 7. The summed E-state index contributed by atoms with van der Waals surface area (Å²) in [6.45, 7) is 0. The first-order valence-corrected chi connectivity index (χ1v) is 14.7. The van der Waals surface area contributed by atoms with Crippen LogP contribution >= 0.6 is 0 Å². The van der Waals surface area contributed by atoms with Gasteiger partial charge in [-0.25, -0.2) is 23.1 Å². The van der Waals surface area contributed by atoms with Crippen molar-refractivity contribution < 1.29 is 30.7 Å². The maximum atomic E-state index is 11.1. The van der Waals surface area contributed by atoms with Gasteiger partial charge in [-0.15, -0.1) is 0 Å². The van der Waals surface area contributed by atoms with Gasteiger partial charge in [-0.2, -0.15) is 8.42 Å². The SMILES string of the molecule is C1=Cc2cc3ccc(cc4nc(cc5ccc(cc1n2)[nH]5)C=C4)[nH]3.O=C1NS(=O)(=O)c2ccccc21.O=S(=O)(O)O. The van der Waals surface area contributed by atoms with E-state index in [-0.39, 0.29) is 10.5 Å². The lowest BCUT2D eigenvalue weighted by Crippen LogP contribution is -2.20. The number of amides is 1. The summed E-state index contributed by atoms with van der Waals surface area (Å²) < 4.78 is 55.7. The predicted octanol–water partition coefficient (Wildman–Crippen LogP) is 4.12. The minimum Gasteiger partial charge on any atom is -0.355 e. The standard InChI is InChI=1S/C20H14N4.C7H5NO3S.H2O4S/c1-2-14-10-16-5-6-18(23-16)12-20-8-7-19(24-20)11-17-4-3-15(22-17)9-13(1)21-14;9-7-5-3-1-2-4-6(5)12(10,11)8-7;1-5(2,3)4/h1-12,21,24H;1-4H,(H,8,9);(H2,1,2,3,4). The summed E-state index contributed by atoms with van der Waals surface area (Å²) in [4.78, 5) is 27.1. The number of aromatic amines is 2. The summed E-state index contributed by atoms with van der Waals surface area (Å²) in [5, 5.41) is 0. The highest BCUT2D eigenvalue weighted by molar-refractivity contribution is 7.90. The zero-order valence-electron chi connectivity index (χ0n) is 20.9. The summed E-state index contributed by atoms with van der Waals surface area (Å²) in [6, 6.07) is 22.5. The summed E-state index contributed by atoms with van der Waals surface area (Å²) in [7, 11) is -8.22. The molecule has 41 heavy (non-hydrogen) atoms. The van der Waals surface area contributed by atoms with Gasteiger partial charge in [0, 0.05) is 22.1 Å². The minimum atomic E-state index is -4.67. The van der Waals surface area contributed by atoms with Crippen molar-refractivity contribution in [2.75, 3.05) is 0 Å². The molecule has 8 bridgehead atoms. The fourth-order valence-electron chi connectivity index (χ4n) is 4.06.